The zero-order valence-electron chi connectivity index (χ0n) is 19.4. The molecule has 0 spiro atoms. The average molecular weight is 452 g/mol. The van der Waals surface area contributed by atoms with Crippen LogP contribution in [0, 0.1) is 0 Å². The average Bonchev–Trinajstić information content (AvgIpc) is 3.41. The lowest BCUT2D eigenvalue weighted by Gasteiger charge is -2.25. The summed E-state index contributed by atoms with van der Waals surface area (Å²) < 4.78 is 7.94. The van der Waals surface area contributed by atoms with Crippen LogP contribution in [0.4, 0.5) is 5.95 Å². The normalized spacial score (nSPS) is 14.1. The van der Waals surface area contributed by atoms with E-state index in [2.05, 4.69) is 64.7 Å². The van der Waals surface area contributed by atoms with Crippen LogP contribution in [0.3, 0.4) is 0 Å². The predicted molar refractivity (Wildman–Crippen MR) is 131 cm³/mol. The fraction of sp³-hybridized carbons (Fsp3) is 0.269. The summed E-state index contributed by atoms with van der Waals surface area (Å²) in [6.45, 7) is 6.54. The van der Waals surface area contributed by atoms with Crippen molar-refractivity contribution in [2.45, 2.75) is 45.1 Å². The van der Waals surface area contributed by atoms with Gasteiger partial charge in [-0.15, -0.1) is 0 Å². The van der Waals surface area contributed by atoms with E-state index in [1.54, 1.807) is 12.4 Å². The molecule has 8 heteroatoms. The highest BCUT2D eigenvalue weighted by Crippen LogP contribution is 2.41. The van der Waals surface area contributed by atoms with Gasteiger partial charge < -0.3 is 14.8 Å². The van der Waals surface area contributed by atoms with E-state index in [0.717, 1.165) is 57.8 Å². The van der Waals surface area contributed by atoms with E-state index in [9.17, 15) is 0 Å². The maximum absolute atomic E-state index is 5.68. The lowest BCUT2D eigenvalue weighted by Crippen LogP contribution is -2.22. The van der Waals surface area contributed by atoms with Crippen LogP contribution in [-0.4, -0.2) is 29.7 Å². The SMILES string of the molecule is CC(C)(C)n1c(-c2ccccc2-c2nc(C3CC3)no2)nc2cc(-c3cnc(N)nc3)ccc21. The van der Waals surface area contributed by atoms with Crippen molar-refractivity contribution < 1.29 is 4.52 Å². The summed E-state index contributed by atoms with van der Waals surface area (Å²) in [5.41, 5.74) is 11.1. The number of nitrogens with zero attached hydrogens (tertiary/aromatic N) is 6. The van der Waals surface area contributed by atoms with E-state index < -0.39 is 0 Å². The largest absolute Gasteiger partial charge is 0.368 e. The summed E-state index contributed by atoms with van der Waals surface area (Å²) in [4.78, 5) is 18.1. The smallest absolute Gasteiger partial charge is 0.258 e. The van der Waals surface area contributed by atoms with Crippen molar-refractivity contribution in [2.75, 3.05) is 5.73 Å². The second kappa shape index (κ2) is 7.48. The zero-order valence-corrected chi connectivity index (χ0v) is 19.4. The second-order valence-corrected chi connectivity index (χ2v) is 9.75. The number of nitrogen functional groups attached to an aromatic ring is 1. The fourth-order valence-electron chi connectivity index (χ4n) is 4.32. The molecule has 0 amide bonds. The molecule has 1 saturated carbocycles. The molecule has 0 aliphatic heterocycles. The predicted octanol–water partition coefficient (Wildman–Crippen LogP) is 5.42. The Morgan fingerprint density at radius 3 is 2.38 bits per heavy atom. The van der Waals surface area contributed by atoms with Gasteiger partial charge >= 0.3 is 0 Å². The molecule has 0 unspecified atom stereocenters. The van der Waals surface area contributed by atoms with Gasteiger partial charge in [0.2, 0.25) is 5.95 Å². The molecule has 0 atom stereocenters. The van der Waals surface area contributed by atoms with Gasteiger partial charge in [-0.25, -0.2) is 15.0 Å². The molecule has 1 aliphatic carbocycles. The van der Waals surface area contributed by atoms with Gasteiger partial charge in [-0.1, -0.05) is 29.4 Å². The van der Waals surface area contributed by atoms with E-state index in [4.69, 9.17) is 20.2 Å². The molecular weight excluding hydrogens is 426 g/mol. The van der Waals surface area contributed by atoms with Crippen molar-refractivity contribution in [3.05, 3.63) is 60.7 Å². The maximum atomic E-state index is 5.68. The zero-order chi connectivity index (χ0) is 23.4. The number of nitrogens with two attached hydrogens (primary N) is 1. The lowest BCUT2D eigenvalue weighted by atomic mass is 10.0. The highest BCUT2D eigenvalue weighted by Gasteiger charge is 2.30. The Hall–Kier alpha value is -4.07. The molecule has 3 heterocycles. The Bertz CT molecular complexity index is 1500. The Morgan fingerprint density at radius 2 is 1.68 bits per heavy atom. The number of hydrogen-bond acceptors (Lipinski definition) is 7. The van der Waals surface area contributed by atoms with Gasteiger partial charge in [0.05, 0.1) is 16.6 Å². The molecule has 5 aromatic rings. The minimum Gasteiger partial charge on any atom is -0.368 e. The van der Waals surface area contributed by atoms with Gasteiger partial charge in [0.1, 0.15) is 5.82 Å². The maximum Gasteiger partial charge on any atom is 0.258 e. The van der Waals surface area contributed by atoms with E-state index in [1.165, 1.54) is 0 Å². The number of rotatable bonds is 4. The van der Waals surface area contributed by atoms with Crippen LogP contribution >= 0.6 is 0 Å². The van der Waals surface area contributed by atoms with E-state index in [1.807, 2.05) is 18.2 Å². The number of hydrogen-bond donors (Lipinski definition) is 1. The first-order chi connectivity index (χ1) is 16.4. The molecule has 8 nitrogen and oxygen atoms in total. The van der Waals surface area contributed by atoms with Crippen LogP contribution in [0.5, 0.6) is 0 Å². The monoisotopic (exact) mass is 451 g/mol. The summed E-state index contributed by atoms with van der Waals surface area (Å²) in [5, 5.41) is 4.22. The van der Waals surface area contributed by atoms with Gasteiger partial charge in [-0.2, -0.15) is 4.98 Å². The summed E-state index contributed by atoms with van der Waals surface area (Å²) in [6.07, 6.45) is 5.71. The fourth-order valence-corrected chi connectivity index (χ4v) is 4.32. The second-order valence-electron chi connectivity index (χ2n) is 9.75. The Kier molecular flexibility index (Phi) is 4.52. The van der Waals surface area contributed by atoms with Crippen LogP contribution in [0.2, 0.25) is 0 Å². The van der Waals surface area contributed by atoms with Crippen molar-refractivity contribution in [3.8, 4) is 34.0 Å². The number of imidazole rings is 1. The van der Waals surface area contributed by atoms with Crippen LogP contribution < -0.4 is 5.73 Å². The van der Waals surface area contributed by atoms with Crippen LogP contribution in [0.25, 0.3) is 45.0 Å². The van der Waals surface area contributed by atoms with E-state index in [-0.39, 0.29) is 11.5 Å². The van der Waals surface area contributed by atoms with Crippen LogP contribution in [0.15, 0.2) is 59.4 Å². The number of benzene rings is 2. The molecule has 1 fully saturated rings. The van der Waals surface area contributed by atoms with Crippen molar-refractivity contribution in [2.24, 2.45) is 0 Å². The minimum atomic E-state index is -0.211. The van der Waals surface area contributed by atoms with Crippen molar-refractivity contribution in [3.63, 3.8) is 0 Å². The molecule has 34 heavy (non-hydrogen) atoms. The van der Waals surface area contributed by atoms with Gasteiger partial charge in [-0.3, -0.25) is 0 Å². The number of aromatic nitrogens is 6. The standard InChI is InChI=1S/C26H25N7O/c1-26(2,3)33-21-11-10-16(17-13-28-25(27)29-14-17)12-20(21)30-23(33)18-6-4-5-7-19(18)24-31-22(32-34-24)15-8-9-15/h4-7,10-15H,8-9H2,1-3H3,(H2,27,28,29). The van der Waals surface area contributed by atoms with E-state index >= 15 is 0 Å². The molecule has 0 radical (unpaired) electrons. The molecular formula is C26H25N7O. The third-order valence-electron chi connectivity index (χ3n) is 6.11. The molecule has 1 aliphatic rings. The third-order valence-corrected chi connectivity index (χ3v) is 6.11. The summed E-state index contributed by atoms with van der Waals surface area (Å²) in [7, 11) is 0. The minimum absolute atomic E-state index is 0.211. The van der Waals surface area contributed by atoms with Crippen molar-refractivity contribution >= 4 is 17.0 Å². The van der Waals surface area contributed by atoms with E-state index in [0.29, 0.717) is 11.8 Å². The molecule has 170 valence electrons. The van der Waals surface area contributed by atoms with Gasteiger partial charge in [-0.05, 0) is 57.4 Å². The Morgan fingerprint density at radius 1 is 0.941 bits per heavy atom. The first kappa shape index (κ1) is 20.5. The first-order valence-corrected chi connectivity index (χ1v) is 11.4. The molecule has 3 aromatic heterocycles. The van der Waals surface area contributed by atoms with Crippen LogP contribution in [-0.2, 0) is 5.54 Å². The van der Waals surface area contributed by atoms with Gasteiger partial charge in [0.25, 0.3) is 5.89 Å². The summed E-state index contributed by atoms with van der Waals surface area (Å²) >= 11 is 0. The van der Waals surface area contributed by atoms with Crippen LogP contribution in [0.1, 0.15) is 45.4 Å². The molecule has 2 aromatic carbocycles. The number of anilines is 1. The molecule has 0 saturated heterocycles. The quantitative estimate of drug-likeness (QED) is 0.388. The molecule has 6 rings (SSSR count). The lowest BCUT2D eigenvalue weighted by molar-refractivity contribution is 0.412. The highest BCUT2D eigenvalue weighted by molar-refractivity contribution is 5.88. The first-order valence-electron chi connectivity index (χ1n) is 11.4. The molecule has 2 N–H and O–H groups in total. The highest BCUT2D eigenvalue weighted by atomic mass is 16.5. The van der Waals surface area contributed by atoms with Gasteiger partial charge in [0.15, 0.2) is 5.82 Å². The summed E-state index contributed by atoms with van der Waals surface area (Å²) in [6, 6.07) is 14.3. The van der Waals surface area contributed by atoms with Crippen molar-refractivity contribution in [1.29, 1.82) is 0 Å². The Labute approximate surface area is 196 Å². The Balaban J connectivity index is 1.53. The number of fused-ring (bicyclic) bond motifs is 1. The van der Waals surface area contributed by atoms with Crippen molar-refractivity contribution in [1.82, 2.24) is 29.7 Å². The topological polar surface area (TPSA) is 109 Å². The third kappa shape index (κ3) is 3.51. The van der Waals surface area contributed by atoms with Gasteiger partial charge in [0, 0.05) is 35.0 Å². The molecule has 0 bridgehead atoms. The summed E-state index contributed by atoms with van der Waals surface area (Å²) in [5.74, 6) is 2.87.